The van der Waals surface area contributed by atoms with Crippen molar-refractivity contribution in [1.29, 1.82) is 0 Å². The third-order valence-corrected chi connectivity index (χ3v) is 5.48. The van der Waals surface area contributed by atoms with Gasteiger partial charge in [-0.15, -0.1) is 0 Å². The van der Waals surface area contributed by atoms with Gasteiger partial charge in [0.1, 0.15) is 5.76 Å². The van der Waals surface area contributed by atoms with Gasteiger partial charge in [-0.05, 0) is 71.7 Å². The van der Waals surface area contributed by atoms with Gasteiger partial charge in [-0.2, -0.15) is 4.39 Å². The van der Waals surface area contributed by atoms with E-state index in [1.165, 1.54) is 20.3 Å². The largest absolute Gasteiger partial charge is 0.502 e. The highest BCUT2D eigenvalue weighted by Crippen LogP contribution is 2.44. The number of hydrogen-bond acceptors (Lipinski definition) is 6. The van der Waals surface area contributed by atoms with Crippen LogP contribution < -0.4 is 14.8 Å². The molecule has 0 unspecified atom stereocenters. The van der Waals surface area contributed by atoms with Crippen LogP contribution in [0.15, 0.2) is 52.7 Å². The molecular formula is C25H23FN2O5. The lowest BCUT2D eigenvalue weighted by molar-refractivity contribution is -0.120. The zero-order valence-electron chi connectivity index (χ0n) is 18.4. The Labute approximate surface area is 190 Å². The maximum atomic E-state index is 14.0. The second-order valence-corrected chi connectivity index (χ2v) is 7.50. The molecule has 1 amide bonds. The number of allylic oxidation sites excluding steroid dienone is 2. The van der Waals surface area contributed by atoms with Crippen LogP contribution in [0.3, 0.4) is 0 Å². The predicted molar refractivity (Wildman–Crippen MR) is 121 cm³/mol. The highest BCUT2D eigenvalue weighted by molar-refractivity contribution is 6.07. The number of aromatic nitrogens is 1. The van der Waals surface area contributed by atoms with Gasteiger partial charge in [0.15, 0.2) is 11.5 Å². The van der Waals surface area contributed by atoms with Crippen molar-refractivity contribution in [2.24, 2.45) is 0 Å². The van der Waals surface area contributed by atoms with E-state index in [2.05, 4.69) is 10.3 Å². The average molecular weight is 450 g/mol. The molecule has 7 nitrogen and oxygen atoms in total. The van der Waals surface area contributed by atoms with Gasteiger partial charge in [-0.25, -0.2) is 4.98 Å². The van der Waals surface area contributed by atoms with Gasteiger partial charge in [0.2, 0.25) is 17.6 Å². The maximum absolute atomic E-state index is 14.0. The fourth-order valence-corrected chi connectivity index (χ4v) is 3.81. The minimum atomic E-state index is -0.621. The number of fused-ring (bicyclic) bond motifs is 1. The van der Waals surface area contributed by atoms with Crippen molar-refractivity contribution in [2.45, 2.75) is 19.9 Å². The Balaban J connectivity index is 1.70. The van der Waals surface area contributed by atoms with Crippen molar-refractivity contribution in [3.05, 3.63) is 76.8 Å². The van der Waals surface area contributed by atoms with E-state index in [0.29, 0.717) is 28.2 Å². The highest BCUT2D eigenvalue weighted by atomic mass is 19.1. The highest BCUT2D eigenvalue weighted by Gasteiger charge is 2.27. The summed E-state index contributed by atoms with van der Waals surface area (Å²) in [6.07, 6.45) is 3.44. The molecule has 3 aromatic rings. The van der Waals surface area contributed by atoms with Crippen LogP contribution in [0.5, 0.6) is 17.2 Å². The Morgan fingerprint density at radius 3 is 2.58 bits per heavy atom. The third-order valence-electron chi connectivity index (χ3n) is 5.48. The van der Waals surface area contributed by atoms with E-state index < -0.39 is 5.95 Å². The molecule has 2 heterocycles. The fourth-order valence-electron chi connectivity index (χ4n) is 3.81. The van der Waals surface area contributed by atoms with Crippen LogP contribution >= 0.6 is 0 Å². The number of pyridine rings is 1. The molecule has 4 rings (SSSR count). The van der Waals surface area contributed by atoms with Crippen molar-refractivity contribution >= 4 is 23.1 Å². The van der Waals surface area contributed by atoms with Gasteiger partial charge >= 0.3 is 0 Å². The second-order valence-electron chi connectivity index (χ2n) is 7.50. The monoisotopic (exact) mass is 450 g/mol. The Bertz CT molecular complexity index is 1240. The SMILES string of the molecule is COc1cc(C=C2C(C)=C(CC(=O)NCc3ccco3)c3nc(F)ccc32)cc(OC)c1O. The quantitative estimate of drug-likeness (QED) is 0.512. The van der Waals surface area contributed by atoms with Gasteiger partial charge in [0, 0.05) is 5.56 Å². The number of halogens is 1. The fraction of sp³-hybridized carbons (Fsp3) is 0.200. The summed E-state index contributed by atoms with van der Waals surface area (Å²) in [5.74, 6) is 0.211. The Hall–Kier alpha value is -4.07. The van der Waals surface area contributed by atoms with E-state index >= 15 is 0 Å². The van der Waals surface area contributed by atoms with Crippen LogP contribution in [0.25, 0.3) is 17.2 Å². The molecule has 170 valence electrons. The number of benzene rings is 1. The number of methoxy groups -OCH3 is 2. The van der Waals surface area contributed by atoms with Gasteiger partial charge in [0.25, 0.3) is 0 Å². The smallest absolute Gasteiger partial charge is 0.224 e. The summed E-state index contributed by atoms with van der Waals surface area (Å²) in [5.41, 5.74) is 4.10. The first kappa shape index (κ1) is 22.1. The number of ether oxygens (including phenoxy) is 2. The number of aromatic hydroxyl groups is 1. The van der Waals surface area contributed by atoms with E-state index in [-0.39, 0.29) is 36.1 Å². The zero-order valence-corrected chi connectivity index (χ0v) is 18.4. The first-order valence-corrected chi connectivity index (χ1v) is 10.2. The zero-order chi connectivity index (χ0) is 23.5. The van der Waals surface area contributed by atoms with Crippen molar-refractivity contribution in [3.63, 3.8) is 0 Å². The summed E-state index contributed by atoms with van der Waals surface area (Å²) < 4.78 is 29.7. The van der Waals surface area contributed by atoms with Crippen LogP contribution in [0.4, 0.5) is 4.39 Å². The molecule has 1 aliphatic carbocycles. The van der Waals surface area contributed by atoms with Crippen LogP contribution in [-0.4, -0.2) is 30.2 Å². The molecule has 0 aliphatic heterocycles. The molecule has 1 aliphatic rings. The number of carbonyl (C=O) groups is 1. The summed E-state index contributed by atoms with van der Waals surface area (Å²) in [4.78, 5) is 16.7. The summed E-state index contributed by atoms with van der Waals surface area (Å²) in [6.45, 7) is 2.13. The van der Waals surface area contributed by atoms with Crippen molar-refractivity contribution < 1.29 is 28.2 Å². The molecule has 0 saturated heterocycles. The Morgan fingerprint density at radius 1 is 1.21 bits per heavy atom. The number of nitrogens with one attached hydrogen (secondary N) is 1. The molecule has 0 bridgehead atoms. The normalized spacial score (nSPS) is 13.9. The van der Waals surface area contributed by atoms with E-state index in [1.54, 1.807) is 36.6 Å². The number of nitrogens with zero attached hydrogens (tertiary/aromatic N) is 1. The lowest BCUT2D eigenvalue weighted by Crippen LogP contribution is -2.22. The molecular weight excluding hydrogens is 427 g/mol. The van der Waals surface area contributed by atoms with Gasteiger partial charge in [-0.3, -0.25) is 4.79 Å². The summed E-state index contributed by atoms with van der Waals surface area (Å²) in [7, 11) is 2.90. The van der Waals surface area contributed by atoms with Crippen LogP contribution in [0, 0.1) is 5.95 Å². The van der Waals surface area contributed by atoms with Crippen molar-refractivity contribution in [3.8, 4) is 17.2 Å². The number of phenols is 1. The third kappa shape index (κ3) is 4.45. The van der Waals surface area contributed by atoms with E-state index in [4.69, 9.17) is 13.9 Å². The second kappa shape index (κ2) is 9.20. The molecule has 0 spiro atoms. The van der Waals surface area contributed by atoms with E-state index in [9.17, 15) is 14.3 Å². The molecule has 0 radical (unpaired) electrons. The summed E-state index contributed by atoms with van der Waals surface area (Å²) in [5, 5.41) is 13.0. The molecule has 0 saturated carbocycles. The van der Waals surface area contributed by atoms with Gasteiger partial charge < -0.3 is 24.3 Å². The number of amides is 1. The predicted octanol–water partition coefficient (Wildman–Crippen LogP) is 4.57. The maximum Gasteiger partial charge on any atom is 0.224 e. The lowest BCUT2D eigenvalue weighted by Gasteiger charge is -2.10. The first-order valence-electron chi connectivity index (χ1n) is 10.2. The van der Waals surface area contributed by atoms with Crippen molar-refractivity contribution in [1.82, 2.24) is 10.3 Å². The van der Waals surface area contributed by atoms with Gasteiger partial charge in [0.05, 0.1) is 39.1 Å². The number of hydrogen-bond donors (Lipinski definition) is 2. The molecule has 2 aromatic heterocycles. The first-order chi connectivity index (χ1) is 15.9. The number of furan rings is 1. The van der Waals surface area contributed by atoms with Gasteiger partial charge in [-0.1, -0.05) is 0 Å². The molecule has 0 fully saturated rings. The Kier molecular flexibility index (Phi) is 6.17. The van der Waals surface area contributed by atoms with E-state index in [0.717, 1.165) is 11.1 Å². The van der Waals surface area contributed by atoms with Crippen LogP contribution in [-0.2, 0) is 11.3 Å². The molecule has 33 heavy (non-hydrogen) atoms. The lowest BCUT2D eigenvalue weighted by atomic mass is 10.0. The summed E-state index contributed by atoms with van der Waals surface area (Å²) in [6, 6.07) is 9.80. The van der Waals surface area contributed by atoms with Crippen LogP contribution in [0.2, 0.25) is 0 Å². The number of phenolic OH excluding ortho intramolecular Hbond substituents is 1. The molecule has 1 aromatic carbocycles. The number of carbonyl (C=O) groups excluding carboxylic acids is 1. The summed E-state index contributed by atoms with van der Waals surface area (Å²) >= 11 is 0. The minimum Gasteiger partial charge on any atom is -0.502 e. The molecule has 2 N–H and O–H groups in total. The number of rotatable bonds is 7. The molecule has 8 heteroatoms. The van der Waals surface area contributed by atoms with Crippen molar-refractivity contribution in [2.75, 3.05) is 14.2 Å². The minimum absolute atomic E-state index is 0.0373. The average Bonchev–Trinajstić information content (AvgIpc) is 3.41. The molecule has 0 atom stereocenters. The van der Waals surface area contributed by atoms with E-state index in [1.807, 2.05) is 13.0 Å². The standard InChI is InChI=1S/C25H23FN2O5/c1-14-18(9-15-10-20(31-2)25(30)21(11-15)32-3)17-6-7-22(26)28-24(17)19(14)12-23(29)27-13-16-5-4-8-33-16/h4-11,30H,12-13H2,1-3H3,(H,27,29). The van der Waals surface area contributed by atoms with Crippen LogP contribution in [0.1, 0.15) is 35.9 Å². The topological polar surface area (TPSA) is 93.8 Å². The Morgan fingerprint density at radius 2 is 1.94 bits per heavy atom.